The molecule has 0 unspecified atom stereocenters. The smallest absolute Gasteiger partial charge is 0.387 e. The van der Waals surface area contributed by atoms with E-state index in [1.807, 2.05) is 0 Å². The first-order chi connectivity index (χ1) is 12.2. The summed E-state index contributed by atoms with van der Waals surface area (Å²) in [5.41, 5.74) is 10.1. The Morgan fingerprint density at radius 3 is 1.69 bits per heavy atom. The molecule has 0 heterocycles. The summed E-state index contributed by atoms with van der Waals surface area (Å²) >= 11 is 0. The van der Waals surface area contributed by atoms with Crippen LogP contribution >= 0.6 is 0 Å². The van der Waals surface area contributed by atoms with Crippen LogP contribution in [0.2, 0.25) is 0 Å². The van der Waals surface area contributed by atoms with Gasteiger partial charge in [-0.3, -0.25) is 0 Å². The number of nitrogen functional groups attached to an aromatic ring is 2. The van der Waals surface area contributed by atoms with Crippen LogP contribution in [0.4, 0.5) is 37.7 Å². The normalized spacial score (nSPS) is 11.3. The second kappa shape index (κ2) is 7.93. The maximum atomic E-state index is 12.8. The Hall–Kier alpha value is -2.98. The molecule has 0 amide bonds. The maximum absolute atomic E-state index is 12.8. The SMILES string of the molecule is Nc1ccc(-c2c(OC(F)F)cc(N)c(OC(F)F)c2OC(F)F)cc1. The Balaban J connectivity index is 2.77. The fourth-order valence-electron chi connectivity index (χ4n) is 2.16. The third-order valence-corrected chi connectivity index (χ3v) is 3.06. The largest absolute Gasteiger partial charge is 0.434 e. The van der Waals surface area contributed by atoms with Crippen molar-refractivity contribution in [1.82, 2.24) is 0 Å². The van der Waals surface area contributed by atoms with Gasteiger partial charge in [-0.2, -0.15) is 26.3 Å². The first kappa shape index (κ1) is 19.3. The first-order valence-electron chi connectivity index (χ1n) is 6.85. The van der Waals surface area contributed by atoms with Crippen molar-refractivity contribution in [3.05, 3.63) is 30.3 Å². The fraction of sp³-hybridized carbons (Fsp3) is 0.200. The molecular formula is C15H12F6N2O3. The Kier molecular flexibility index (Phi) is 5.90. The van der Waals surface area contributed by atoms with E-state index in [1.54, 1.807) is 0 Å². The highest BCUT2D eigenvalue weighted by molar-refractivity contribution is 5.85. The van der Waals surface area contributed by atoms with Gasteiger partial charge in [0.25, 0.3) is 0 Å². The van der Waals surface area contributed by atoms with Crippen LogP contribution in [0.25, 0.3) is 11.1 Å². The van der Waals surface area contributed by atoms with Gasteiger partial charge in [-0.05, 0) is 17.7 Å². The molecule has 0 fully saturated rings. The van der Waals surface area contributed by atoms with Crippen LogP contribution in [0.5, 0.6) is 17.2 Å². The van der Waals surface area contributed by atoms with Gasteiger partial charge in [0.05, 0.1) is 11.3 Å². The van der Waals surface area contributed by atoms with Gasteiger partial charge in [-0.25, -0.2) is 0 Å². The van der Waals surface area contributed by atoms with E-state index in [1.165, 1.54) is 24.3 Å². The van der Waals surface area contributed by atoms with Crippen molar-refractivity contribution in [2.24, 2.45) is 0 Å². The highest BCUT2D eigenvalue weighted by Crippen LogP contribution is 2.49. The lowest BCUT2D eigenvalue weighted by Gasteiger charge is -2.20. The van der Waals surface area contributed by atoms with Gasteiger partial charge in [0.2, 0.25) is 0 Å². The van der Waals surface area contributed by atoms with Gasteiger partial charge in [-0.1, -0.05) is 12.1 Å². The molecular weight excluding hydrogens is 370 g/mol. The van der Waals surface area contributed by atoms with E-state index in [0.29, 0.717) is 0 Å². The molecule has 0 aromatic heterocycles. The standard InChI is InChI=1S/C15H12F6N2O3/c16-13(17)24-9-5-8(23)11(25-14(18)19)12(26-15(20)21)10(9)6-1-3-7(22)4-2-6/h1-5,13-15H,22-23H2. The molecule has 11 heteroatoms. The minimum atomic E-state index is -3.48. The lowest BCUT2D eigenvalue weighted by atomic mass is 10.0. The quantitative estimate of drug-likeness (QED) is 0.551. The van der Waals surface area contributed by atoms with E-state index in [4.69, 9.17) is 11.5 Å². The molecule has 0 aliphatic rings. The summed E-state index contributed by atoms with van der Waals surface area (Å²) < 4.78 is 88.9. The lowest BCUT2D eigenvalue weighted by Crippen LogP contribution is -2.12. The van der Waals surface area contributed by atoms with E-state index >= 15 is 0 Å². The second-order valence-electron chi connectivity index (χ2n) is 4.75. The number of benzene rings is 2. The van der Waals surface area contributed by atoms with E-state index < -0.39 is 48.3 Å². The summed E-state index contributed by atoms with van der Waals surface area (Å²) in [6, 6.07) is 5.94. The van der Waals surface area contributed by atoms with Gasteiger partial charge in [-0.15, -0.1) is 0 Å². The van der Waals surface area contributed by atoms with E-state index in [-0.39, 0.29) is 11.3 Å². The summed E-state index contributed by atoms with van der Waals surface area (Å²) in [5.74, 6) is -2.57. The van der Waals surface area contributed by atoms with Crippen molar-refractivity contribution >= 4 is 11.4 Å². The zero-order valence-electron chi connectivity index (χ0n) is 12.8. The molecule has 0 spiro atoms. The second-order valence-corrected chi connectivity index (χ2v) is 4.75. The molecule has 0 radical (unpaired) electrons. The zero-order chi connectivity index (χ0) is 19.4. The Morgan fingerprint density at radius 2 is 1.19 bits per heavy atom. The molecule has 26 heavy (non-hydrogen) atoms. The Morgan fingerprint density at radius 1 is 0.692 bits per heavy atom. The number of alkyl halides is 6. The topological polar surface area (TPSA) is 79.7 Å². The molecule has 0 saturated carbocycles. The van der Waals surface area contributed by atoms with Crippen LogP contribution in [0.3, 0.4) is 0 Å². The minimum Gasteiger partial charge on any atom is -0.434 e. The van der Waals surface area contributed by atoms with Gasteiger partial charge in [0, 0.05) is 11.8 Å². The van der Waals surface area contributed by atoms with Crippen molar-refractivity contribution in [2.45, 2.75) is 19.8 Å². The Labute approximate surface area is 143 Å². The number of rotatable bonds is 7. The number of hydrogen-bond donors (Lipinski definition) is 2. The van der Waals surface area contributed by atoms with E-state index in [0.717, 1.165) is 6.07 Å². The summed E-state index contributed by atoms with van der Waals surface area (Å²) in [6.07, 6.45) is 0. The molecule has 4 N–H and O–H groups in total. The predicted octanol–water partition coefficient (Wildman–Crippen LogP) is 4.32. The van der Waals surface area contributed by atoms with Crippen molar-refractivity contribution in [3.8, 4) is 28.4 Å². The monoisotopic (exact) mass is 382 g/mol. The van der Waals surface area contributed by atoms with Crippen LogP contribution in [0.1, 0.15) is 0 Å². The third-order valence-electron chi connectivity index (χ3n) is 3.06. The molecule has 0 aliphatic heterocycles. The number of ether oxygens (including phenoxy) is 3. The molecule has 0 saturated heterocycles. The summed E-state index contributed by atoms with van der Waals surface area (Å²) in [7, 11) is 0. The van der Waals surface area contributed by atoms with E-state index in [9.17, 15) is 26.3 Å². The predicted molar refractivity (Wildman–Crippen MR) is 80.6 cm³/mol. The molecule has 2 rings (SSSR count). The van der Waals surface area contributed by atoms with Crippen LogP contribution in [0, 0.1) is 0 Å². The third kappa shape index (κ3) is 4.55. The molecule has 2 aromatic rings. The van der Waals surface area contributed by atoms with Gasteiger partial charge in [0.15, 0.2) is 11.5 Å². The Bertz CT molecular complexity index is 756. The van der Waals surface area contributed by atoms with Gasteiger partial charge in [0.1, 0.15) is 5.75 Å². The minimum absolute atomic E-state index is 0.0182. The maximum Gasteiger partial charge on any atom is 0.387 e. The van der Waals surface area contributed by atoms with Crippen LogP contribution in [0.15, 0.2) is 30.3 Å². The number of anilines is 2. The van der Waals surface area contributed by atoms with Crippen LogP contribution in [-0.4, -0.2) is 19.8 Å². The van der Waals surface area contributed by atoms with Gasteiger partial charge >= 0.3 is 19.8 Å². The van der Waals surface area contributed by atoms with E-state index in [2.05, 4.69) is 14.2 Å². The molecule has 5 nitrogen and oxygen atoms in total. The highest BCUT2D eigenvalue weighted by atomic mass is 19.3. The van der Waals surface area contributed by atoms with Crippen molar-refractivity contribution in [1.29, 1.82) is 0 Å². The lowest BCUT2D eigenvalue weighted by molar-refractivity contribution is -0.0696. The molecule has 142 valence electrons. The summed E-state index contributed by atoms with van der Waals surface area (Å²) in [4.78, 5) is 0. The average molecular weight is 382 g/mol. The van der Waals surface area contributed by atoms with Crippen LogP contribution in [-0.2, 0) is 0 Å². The van der Waals surface area contributed by atoms with Crippen molar-refractivity contribution in [3.63, 3.8) is 0 Å². The van der Waals surface area contributed by atoms with Crippen molar-refractivity contribution < 1.29 is 40.6 Å². The molecule has 0 atom stereocenters. The zero-order valence-corrected chi connectivity index (χ0v) is 12.8. The molecule has 2 aromatic carbocycles. The van der Waals surface area contributed by atoms with Gasteiger partial charge < -0.3 is 25.7 Å². The number of nitrogens with two attached hydrogens (primary N) is 2. The fourth-order valence-corrected chi connectivity index (χ4v) is 2.16. The highest BCUT2D eigenvalue weighted by Gasteiger charge is 2.27. The molecule has 0 bridgehead atoms. The number of halogens is 6. The average Bonchev–Trinajstić information content (AvgIpc) is 2.51. The number of hydrogen-bond acceptors (Lipinski definition) is 5. The van der Waals surface area contributed by atoms with Crippen molar-refractivity contribution in [2.75, 3.05) is 11.5 Å². The summed E-state index contributed by atoms with van der Waals surface area (Å²) in [5, 5.41) is 0. The molecule has 0 aliphatic carbocycles. The summed E-state index contributed by atoms with van der Waals surface area (Å²) in [6.45, 7) is -10.3. The first-order valence-corrected chi connectivity index (χ1v) is 6.85. The van der Waals surface area contributed by atoms with Crippen LogP contribution < -0.4 is 25.7 Å².